The van der Waals surface area contributed by atoms with Crippen LogP contribution in [0.2, 0.25) is 0 Å². The Kier molecular flexibility index (Phi) is 3.55. The number of nitrogens with two attached hydrogens (primary N) is 1. The zero-order chi connectivity index (χ0) is 10.6. The minimum absolute atomic E-state index is 0.0569. The van der Waals surface area contributed by atoms with Crippen molar-refractivity contribution in [1.82, 2.24) is 0 Å². The van der Waals surface area contributed by atoms with Gasteiger partial charge in [-0.05, 0) is 12.1 Å². The number of carbonyl (C=O) groups is 1. The Bertz CT molecular complexity index is 330. The minimum atomic E-state index is -1.03. The fourth-order valence-corrected chi connectivity index (χ4v) is 0.871. The molecule has 0 saturated heterocycles. The van der Waals surface area contributed by atoms with Crippen LogP contribution in [-0.4, -0.2) is 23.7 Å². The Morgan fingerprint density at radius 2 is 2.21 bits per heavy atom. The number of aliphatic hydroxyl groups excluding tert-OH is 1. The average Bonchev–Trinajstić information content (AvgIpc) is 2.20. The molecular weight excluding hydrogens is 187 g/mol. The van der Waals surface area contributed by atoms with Crippen LogP contribution in [0.15, 0.2) is 24.3 Å². The first kappa shape index (κ1) is 10.6. The molecule has 76 valence electrons. The SMILES string of the molecule is NC(CO)C(=O)Nc1ccccc1F. The van der Waals surface area contributed by atoms with Crippen molar-refractivity contribution in [2.75, 3.05) is 11.9 Å². The molecular formula is C9H11FN2O2. The van der Waals surface area contributed by atoms with Crippen molar-refractivity contribution < 1.29 is 14.3 Å². The Labute approximate surface area is 80.5 Å². The van der Waals surface area contributed by atoms with Crippen LogP contribution < -0.4 is 11.1 Å². The van der Waals surface area contributed by atoms with Crippen LogP contribution in [0.4, 0.5) is 10.1 Å². The van der Waals surface area contributed by atoms with E-state index < -0.39 is 24.4 Å². The molecule has 0 aliphatic rings. The molecule has 1 unspecified atom stereocenters. The second kappa shape index (κ2) is 4.69. The lowest BCUT2D eigenvalue weighted by Gasteiger charge is -2.09. The maximum Gasteiger partial charge on any atom is 0.243 e. The third kappa shape index (κ3) is 2.51. The zero-order valence-corrected chi connectivity index (χ0v) is 7.40. The van der Waals surface area contributed by atoms with Crippen LogP contribution in [0.1, 0.15) is 0 Å². The third-order valence-electron chi connectivity index (χ3n) is 1.67. The lowest BCUT2D eigenvalue weighted by atomic mass is 10.2. The van der Waals surface area contributed by atoms with E-state index in [1.165, 1.54) is 18.2 Å². The predicted octanol–water partition coefficient (Wildman–Crippen LogP) is 0.0838. The van der Waals surface area contributed by atoms with Crippen molar-refractivity contribution >= 4 is 11.6 Å². The minimum Gasteiger partial charge on any atom is -0.394 e. The first-order valence-corrected chi connectivity index (χ1v) is 4.07. The third-order valence-corrected chi connectivity index (χ3v) is 1.67. The van der Waals surface area contributed by atoms with Crippen molar-refractivity contribution in [3.8, 4) is 0 Å². The number of halogens is 1. The van der Waals surface area contributed by atoms with Crippen molar-refractivity contribution in [2.45, 2.75) is 6.04 Å². The first-order valence-electron chi connectivity index (χ1n) is 4.07. The summed E-state index contributed by atoms with van der Waals surface area (Å²) in [6.07, 6.45) is 0. The molecule has 0 radical (unpaired) electrons. The van der Waals surface area contributed by atoms with Crippen LogP contribution in [0.5, 0.6) is 0 Å². The van der Waals surface area contributed by atoms with Crippen molar-refractivity contribution in [2.24, 2.45) is 5.73 Å². The number of rotatable bonds is 3. The molecule has 4 N–H and O–H groups in total. The van der Waals surface area contributed by atoms with Gasteiger partial charge in [0.2, 0.25) is 5.91 Å². The highest BCUT2D eigenvalue weighted by Crippen LogP contribution is 2.12. The van der Waals surface area contributed by atoms with Crippen LogP contribution in [0.25, 0.3) is 0 Å². The summed E-state index contributed by atoms with van der Waals surface area (Å²) in [5.41, 5.74) is 5.29. The van der Waals surface area contributed by atoms with E-state index in [-0.39, 0.29) is 5.69 Å². The molecule has 0 aliphatic heterocycles. The Balaban J connectivity index is 2.70. The summed E-state index contributed by atoms with van der Waals surface area (Å²) in [6.45, 7) is -0.472. The highest BCUT2D eigenvalue weighted by Gasteiger charge is 2.13. The molecule has 0 heterocycles. The smallest absolute Gasteiger partial charge is 0.243 e. The summed E-state index contributed by atoms with van der Waals surface area (Å²) in [6, 6.07) is 4.70. The van der Waals surface area contributed by atoms with Gasteiger partial charge < -0.3 is 16.2 Å². The van der Waals surface area contributed by atoms with Gasteiger partial charge in [0.05, 0.1) is 12.3 Å². The number of nitrogens with one attached hydrogen (secondary N) is 1. The highest BCUT2D eigenvalue weighted by atomic mass is 19.1. The Hall–Kier alpha value is -1.46. The van der Waals surface area contributed by atoms with Gasteiger partial charge in [0.1, 0.15) is 11.9 Å². The number of amides is 1. The quantitative estimate of drug-likeness (QED) is 0.644. The van der Waals surface area contributed by atoms with E-state index in [1.54, 1.807) is 6.07 Å². The standard InChI is InChI=1S/C9H11FN2O2/c10-6-3-1-2-4-8(6)12-9(14)7(11)5-13/h1-4,7,13H,5,11H2,(H,12,14). The summed E-state index contributed by atoms with van der Waals surface area (Å²) >= 11 is 0. The maximum absolute atomic E-state index is 13.0. The molecule has 0 fully saturated rings. The summed E-state index contributed by atoms with van der Waals surface area (Å²) < 4.78 is 13.0. The number of hydrogen-bond acceptors (Lipinski definition) is 3. The lowest BCUT2D eigenvalue weighted by molar-refractivity contribution is -0.118. The van der Waals surface area contributed by atoms with Gasteiger partial charge in [0, 0.05) is 0 Å². The van der Waals surface area contributed by atoms with Crippen LogP contribution in [0.3, 0.4) is 0 Å². The number of para-hydroxylation sites is 1. The fraction of sp³-hybridized carbons (Fsp3) is 0.222. The molecule has 0 spiro atoms. The first-order chi connectivity index (χ1) is 6.65. The predicted molar refractivity (Wildman–Crippen MR) is 50.1 cm³/mol. The second-order valence-electron chi connectivity index (χ2n) is 2.76. The number of hydrogen-bond donors (Lipinski definition) is 3. The summed E-state index contributed by atoms with van der Waals surface area (Å²) in [7, 11) is 0. The molecule has 0 aliphatic carbocycles. The van der Waals surface area contributed by atoms with E-state index >= 15 is 0 Å². The molecule has 0 saturated carbocycles. The molecule has 1 aromatic rings. The topological polar surface area (TPSA) is 75.3 Å². The van der Waals surface area contributed by atoms with Crippen LogP contribution in [0, 0.1) is 5.82 Å². The van der Waals surface area contributed by atoms with Gasteiger partial charge >= 0.3 is 0 Å². The number of anilines is 1. The van der Waals surface area contributed by atoms with Gasteiger partial charge in [-0.25, -0.2) is 4.39 Å². The molecule has 1 rings (SSSR count). The van der Waals surface area contributed by atoms with E-state index in [9.17, 15) is 9.18 Å². The van der Waals surface area contributed by atoms with Crippen LogP contribution >= 0.6 is 0 Å². The van der Waals surface area contributed by atoms with Gasteiger partial charge in [-0.2, -0.15) is 0 Å². The number of carbonyl (C=O) groups excluding carboxylic acids is 1. The molecule has 1 aromatic carbocycles. The van der Waals surface area contributed by atoms with Gasteiger partial charge in [-0.1, -0.05) is 12.1 Å². The normalized spacial score (nSPS) is 12.2. The van der Waals surface area contributed by atoms with E-state index in [2.05, 4.69) is 5.32 Å². The molecule has 0 bridgehead atoms. The van der Waals surface area contributed by atoms with Gasteiger partial charge in [-0.15, -0.1) is 0 Å². The van der Waals surface area contributed by atoms with E-state index in [0.717, 1.165) is 0 Å². The van der Waals surface area contributed by atoms with E-state index in [1.807, 2.05) is 0 Å². The monoisotopic (exact) mass is 198 g/mol. The van der Waals surface area contributed by atoms with Gasteiger partial charge in [0.25, 0.3) is 0 Å². The largest absolute Gasteiger partial charge is 0.394 e. The molecule has 14 heavy (non-hydrogen) atoms. The maximum atomic E-state index is 13.0. The number of aliphatic hydroxyl groups is 1. The highest BCUT2D eigenvalue weighted by molar-refractivity contribution is 5.94. The molecule has 4 nitrogen and oxygen atoms in total. The molecule has 1 atom stereocenters. The Morgan fingerprint density at radius 3 is 2.79 bits per heavy atom. The molecule has 0 aromatic heterocycles. The van der Waals surface area contributed by atoms with Gasteiger partial charge in [0.15, 0.2) is 0 Å². The molecule has 5 heteroatoms. The zero-order valence-electron chi connectivity index (χ0n) is 7.40. The summed E-state index contributed by atoms with van der Waals surface area (Å²) in [4.78, 5) is 11.1. The molecule has 1 amide bonds. The van der Waals surface area contributed by atoms with E-state index in [0.29, 0.717) is 0 Å². The Morgan fingerprint density at radius 1 is 1.57 bits per heavy atom. The van der Waals surface area contributed by atoms with Crippen molar-refractivity contribution in [1.29, 1.82) is 0 Å². The lowest BCUT2D eigenvalue weighted by Crippen LogP contribution is -2.38. The summed E-state index contributed by atoms with van der Waals surface area (Å²) in [5.74, 6) is -1.15. The van der Waals surface area contributed by atoms with Crippen molar-refractivity contribution in [3.05, 3.63) is 30.1 Å². The number of benzene rings is 1. The van der Waals surface area contributed by atoms with Crippen LogP contribution in [-0.2, 0) is 4.79 Å². The van der Waals surface area contributed by atoms with Crippen molar-refractivity contribution in [3.63, 3.8) is 0 Å². The average molecular weight is 198 g/mol. The fourth-order valence-electron chi connectivity index (χ4n) is 0.871. The second-order valence-corrected chi connectivity index (χ2v) is 2.76. The van der Waals surface area contributed by atoms with E-state index in [4.69, 9.17) is 10.8 Å². The summed E-state index contributed by atoms with van der Waals surface area (Å²) in [5, 5.41) is 10.8. The van der Waals surface area contributed by atoms with Gasteiger partial charge in [-0.3, -0.25) is 4.79 Å².